The SMILES string of the molecule is Cl.Cl.O=C(C1CNCCO1)N1CCCN(C2Cc3ccccc3C2)CC1. The number of fused-ring (bicyclic) bond motifs is 1. The molecule has 2 saturated heterocycles. The average Bonchev–Trinajstić information content (AvgIpc) is 2.91. The highest BCUT2D eigenvalue weighted by molar-refractivity contribution is 5.85. The highest BCUT2D eigenvalue weighted by Crippen LogP contribution is 2.26. The van der Waals surface area contributed by atoms with Crippen molar-refractivity contribution in [1.29, 1.82) is 0 Å². The Bertz CT molecular complexity index is 571. The first kappa shape index (κ1) is 21.5. The molecule has 3 aliphatic rings. The van der Waals surface area contributed by atoms with Crippen molar-refractivity contribution in [3.05, 3.63) is 35.4 Å². The van der Waals surface area contributed by atoms with E-state index in [4.69, 9.17) is 4.74 Å². The molecule has 4 rings (SSSR count). The van der Waals surface area contributed by atoms with Gasteiger partial charge < -0.3 is 15.0 Å². The van der Waals surface area contributed by atoms with Crippen LogP contribution in [0.5, 0.6) is 0 Å². The number of carbonyl (C=O) groups is 1. The van der Waals surface area contributed by atoms with Crippen molar-refractivity contribution in [3.8, 4) is 0 Å². The number of rotatable bonds is 2. The Hall–Kier alpha value is -0.850. The van der Waals surface area contributed by atoms with Gasteiger partial charge in [-0.25, -0.2) is 0 Å². The fourth-order valence-corrected chi connectivity index (χ4v) is 4.24. The maximum atomic E-state index is 12.7. The largest absolute Gasteiger partial charge is 0.366 e. The minimum absolute atomic E-state index is 0. The number of nitrogens with zero attached hydrogens (tertiary/aromatic N) is 2. The molecule has 0 aromatic heterocycles. The summed E-state index contributed by atoms with van der Waals surface area (Å²) in [5.74, 6) is 0.166. The molecular formula is C19H29Cl2N3O2. The van der Waals surface area contributed by atoms with Crippen LogP contribution in [0.2, 0.25) is 0 Å². The molecule has 2 aliphatic heterocycles. The predicted molar refractivity (Wildman–Crippen MR) is 108 cm³/mol. The predicted octanol–water partition coefficient (Wildman–Crippen LogP) is 1.52. The third-order valence-electron chi connectivity index (χ3n) is 5.59. The molecule has 1 amide bonds. The molecule has 2 heterocycles. The lowest BCUT2D eigenvalue weighted by Crippen LogP contribution is -2.50. The Labute approximate surface area is 168 Å². The summed E-state index contributed by atoms with van der Waals surface area (Å²) in [5.41, 5.74) is 3.00. The van der Waals surface area contributed by atoms with Crippen LogP contribution in [0.1, 0.15) is 17.5 Å². The summed E-state index contributed by atoms with van der Waals surface area (Å²) < 4.78 is 5.64. The maximum absolute atomic E-state index is 12.7. The molecule has 1 N–H and O–H groups in total. The molecule has 26 heavy (non-hydrogen) atoms. The Morgan fingerprint density at radius 2 is 1.77 bits per heavy atom. The number of carbonyl (C=O) groups excluding carboxylic acids is 1. The van der Waals surface area contributed by atoms with Gasteiger partial charge in [-0.15, -0.1) is 24.8 Å². The fourth-order valence-electron chi connectivity index (χ4n) is 4.24. The summed E-state index contributed by atoms with van der Waals surface area (Å²) in [6.45, 7) is 5.88. The van der Waals surface area contributed by atoms with Gasteiger partial charge in [0.2, 0.25) is 0 Å². The van der Waals surface area contributed by atoms with E-state index in [0.29, 0.717) is 19.2 Å². The Morgan fingerprint density at radius 1 is 1.04 bits per heavy atom. The number of morpholine rings is 1. The zero-order chi connectivity index (χ0) is 16.4. The second kappa shape index (κ2) is 9.90. The molecule has 1 unspecified atom stereocenters. The summed E-state index contributed by atoms with van der Waals surface area (Å²) in [6, 6.07) is 9.40. The standard InChI is InChI=1S/C19H27N3O2.2ClH/c23-19(18-14-20-6-11-24-18)22-8-3-7-21(9-10-22)17-12-15-4-1-2-5-16(15)13-17;;/h1-2,4-5,17-18,20H,3,6-14H2;2*1H. The molecule has 0 spiro atoms. The second-order valence-corrected chi connectivity index (χ2v) is 7.11. The highest BCUT2D eigenvalue weighted by Gasteiger charge is 2.31. The van der Waals surface area contributed by atoms with E-state index in [1.807, 2.05) is 4.90 Å². The van der Waals surface area contributed by atoms with Crippen molar-refractivity contribution in [3.63, 3.8) is 0 Å². The zero-order valence-electron chi connectivity index (χ0n) is 15.1. The topological polar surface area (TPSA) is 44.8 Å². The third kappa shape index (κ3) is 4.70. The Balaban J connectivity index is 0.00000121. The lowest BCUT2D eigenvalue weighted by atomic mass is 10.1. The molecule has 1 aromatic rings. The summed E-state index contributed by atoms with van der Waals surface area (Å²) in [7, 11) is 0. The molecular weight excluding hydrogens is 373 g/mol. The van der Waals surface area contributed by atoms with Crippen LogP contribution in [0.25, 0.3) is 0 Å². The first-order chi connectivity index (χ1) is 11.8. The Kier molecular flexibility index (Phi) is 8.17. The summed E-state index contributed by atoms with van der Waals surface area (Å²) in [6.07, 6.45) is 3.07. The van der Waals surface area contributed by atoms with E-state index >= 15 is 0 Å². The van der Waals surface area contributed by atoms with Crippen molar-refractivity contribution < 1.29 is 9.53 Å². The van der Waals surface area contributed by atoms with Crippen molar-refractivity contribution >= 4 is 30.7 Å². The van der Waals surface area contributed by atoms with Crippen molar-refractivity contribution in [2.45, 2.75) is 31.4 Å². The first-order valence-corrected chi connectivity index (χ1v) is 9.23. The van der Waals surface area contributed by atoms with Crippen LogP contribution in [0.15, 0.2) is 24.3 Å². The minimum atomic E-state index is -0.291. The van der Waals surface area contributed by atoms with Crippen molar-refractivity contribution in [2.24, 2.45) is 0 Å². The minimum Gasteiger partial charge on any atom is -0.366 e. The van der Waals surface area contributed by atoms with Crippen LogP contribution >= 0.6 is 24.8 Å². The van der Waals surface area contributed by atoms with Gasteiger partial charge in [-0.2, -0.15) is 0 Å². The first-order valence-electron chi connectivity index (χ1n) is 9.23. The quantitative estimate of drug-likeness (QED) is 0.815. The maximum Gasteiger partial charge on any atom is 0.253 e. The number of amides is 1. The number of benzene rings is 1. The van der Waals surface area contributed by atoms with Gasteiger partial charge in [-0.05, 0) is 30.4 Å². The smallest absolute Gasteiger partial charge is 0.253 e. The van der Waals surface area contributed by atoms with Gasteiger partial charge in [0.1, 0.15) is 6.10 Å². The van der Waals surface area contributed by atoms with Gasteiger partial charge >= 0.3 is 0 Å². The van der Waals surface area contributed by atoms with Crippen LogP contribution in [0, 0.1) is 0 Å². The zero-order valence-corrected chi connectivity index (χ0v) is 16.7. The lowest BCUT2D eigenvalue weighted by molar-refractivity contribution is -0.145. The number of nitrogens with one attached hydrogen (secondary N) is 1. The monoisotopic (exact) mass is 401 g/mol. The molecule has 1 aliphatic carbocycles. The number of halogens is 2. The summed E-state index contributed by atoms with van der Waals surface area (Å²) in [5, 5.41) is 3.25. The molecule has 0 bridgehead atoms. The molecule has 1 aromatic carbocycles. The van der Waals surface area contributed by atoms with Gasteiger partial charge in [0.15, 0.2) is 0 Å². The van der Waals surface area contributed by atoms with Gasteiger partial charge in [-0.3, -0.25) is 9.69 Å². The van der Waals surface area contributed by atoms with Gasteiger partial charge in [0.05, 0.1) is 6.61 Å². The highest BCUT2D eigenvalue weighted by atomic mass is 35.5. The van der Waals surface area contributed by atoms with E-state index < -0.39 is 0 Å². The summed E-state index contributed by atoms with van der Waals surface area (Å²) >= 11 is 0. The van der Waals surface area contributed by atoms with Gasteiger partial charge in [0.25, 0.3) is 5.91 Å². The molecule has 5 nitrogen and oxygen atoms in total. The fraction of sp³-hybridized carbons (Fsp3) is 0.632. The lowest BCUT2D eigenvalue weighted by Gasteiger charge is -2.30. The Morgan fingerprint density at radius 3 is 2.42 bits per heavy atom. The molecule has 7 heteroatoms. The van der Waals surface area contributed by atoms with E-state index in [-0.39, 0.29) is 36.8 Å². The number of hydrogen-bond donors (Lipinski definition) is 1. The van der Waals surface area contributed by atoms with Crippen LogP contribution in [-0.4, -0.2) is 73.7 Å². The van der Waals surface area contributed by atoms with Crippen molar-refractivity contribution in [2.75, 3.05) is 45.9 Å². The van der Waals surface area contributed by atoms with Crippen LogP contribution in [-0.2, 0) is 22.4 Å². The van der Waals surface area contributed by atoms with Gasteiger partial charge in [-0.1, -0.05) is 24.3 Å². The molecule has 146 valence electrons. The molecule has 1 atom stereocenters. The van der Waals surface area contributed by atoms with Gasteiger partial charge in [0, 0.05) is 45.3 Å². The normalized spacial score (nSPS) is 24.2. The van der Waals surface area contributed by atoms with Crippen LogP contribution in [0.4, 0.5) is 0 Å². The summed E-state index contributed by atoms with van der Waals surface area (Å²) in [4.78, 5) is 17.3. The van der Waals surface area contributed by atoms with Crippen molar-refractivity contribution in [1.82, 2.24) is 15.1 Å². The molecule has 0 radical (unpaired) electrons. The van der Waals surface area contributed by atoms with E-state index in [0.717, 1.165) is 52.0 Å². The number of ether oxygens (including phenoxy) is 1. The average molecular weight is 402 g/mol. The second-order valence-electron chi connectivity index (χ2n) is 7.11. The molecule has 2 fully saturated rings. The third-order valence-corrected chi connectivity index (χ3v) is 5.59. The van der Waals surface area contributed by atoms with Crippen LogP contribution in [0.3, 0.4) is 0 Å². The number of hydrogen-bond acceptors (Lipinski definition) is 4. The molecule has 0 saturated carbocycles. The van der Waals surface area contributed by atoms with E-state index in [9.17, 15) is 4.79 Å². The van der Waals surface area contributed by atoms with E-state index in [2.05, 4.69) is 34.5 Å². The van der Waals surface area contributed by atoms with Crippen LogP contribution < -0.4 is 5.32 Å². The van der Waals surface area contributed by atoms with E-state index in [1.165, 1.54) is 11.1 Å². The van der Waals surface area contributed by atoms with E-state index in [1.54, 1.807) is 0 Å².